The molecule has 1 N–H and O–H groups in total. The van der Waals surface area contributed by atoms with Crippen LogP contribution in [0.2, 0.25) is 0 Å². The van der Waals surface area contributed by atoms with Crippen molar-refractivity contribution in [2.24, 2.45) is 0 Å². The molecule has 0 amide bonds. The molecule has 2 aromatic rings. The molecule has 18 heavy (non-hydrogen) atoms. The zero-order valence-corrected chi connectivity index (χ0v) is 10.1. The Balaban J connectivity index is 2.45. The van der Waals surface area contributed by atoms with Crippen molar-refractivity contribution in [1.82, 2.24) is 15.0 Å². The van der Waals surface area contributed by atoms with Crippen molar-refractivity contribution in [3.05, 3.63) is 30.5 Å². The van der Waals surface area contributed by atoms with Gasteiger partial charge in [-0.15, -0.1) is 0 Å². The number of ether oxygens (including phenoxy) is 1. The molecule has 5 nitrogen and oxygen atoms in total. The van der Waals surface area contributed by atoms with Crippen LogP contribution in [0.5, 0.6) is 5.88 Å². The van der Waals surface area contributed by atoms with E-state index in [0.29, 0.717) is 17.1 Å². The van der Waals surface area contributed by atoms with Crippen molar-refractivity contribution >= 4 is 5.82 Å². The van der Waals surface area contributed by atoms with Gasteiger partial charge >= 0.3 is 0 Å². The molecule has 0 spiro atoms. The van der Waals surface area contributed by atoms with Crippen molar-refractivity contribution < 1.29 is 9.13 Å². The number of hydrogen-bond acceptors (Lipinski definition) is 5. The van der Waals surface area contributed by atoms with E-state index in [9.17, 15) is 4.39 Å². The second-order valence-corrected chi connectivity index (χ2v) is 3.50. The highest BCUT2D eigenvalue weighted by atomic mass is 19.1. The zero-order valence-electron chi connectivity index (χ0n) is 10.1. The standard InChI is InChI=1S/C12H13FN4O/c1-3-14-10-6-9(16-7-17-10)8-4-5-15-12(18-2)11(8)13/h4-7H,3H2,1-2H3,(H,14,16,17). The van der Waals surface area contributed by atoms with Gasteiger partial charge in [-0.25, -0.2) is 19.3 Å². The van der Waals surface area contributed by atoms with E-state index in [2.05, 4.69) is 20.3 Å². The number of pyridine rings is 1. The highest BCUT2D eigenvalue weighted by molar-refractivity contribution is 5.63. The predicted octanol–water partition coefficient (Wildman–Crippen LogP) is 2.12. The molecule has 0 fully saturated rings. The lowest BCUT2D eigenvalue weighted by Gasteiger charge is -2.07. The number of nitrogens with one attached hydrogen (secondary N) is 1. The van der Waals surface area contributed by atoms with Crippen molar-refractivity contribution in [3.8, 4) is 17.1 Å². The number of rotatable bonds is 4. The second kappa shape index (κ2) is 5.39. The largest absolute Gasteiger partial charge is 0.479 e. The lowest BCUT2D eigenvalue weighted by atomic mass is 10.2. The van der Waals surface area contributed by atoms with E-state index in [0.717, 1.165) is 6.54 Å². The fourth-order valence-electron chi connectivity index (χ4n) is 1.55. The molecule has 0 saturated carbocycles. The molecule has 0 atom stereocenters. The van der Waals surface area contributed by atoms with Crippen LogP contribution in [0.4, 0.5) is 10.2 Å². The fraction of sp³-hybridized carbons (Fsp3) is 0.250. The maximum atomic E-state index is 14.0. The first-order chi connectivity index (χ1) is 8.76. The number of nitrogens with zero attached hydrogens (tertiary/aromatic N) is 3. The molecule has 0 aromatic carbocycles. The normalized spacial score (nSPS) is 10.2. The molecule has 6 heteroatoms. The minimum Gasteiger partial charge on any atom is -0.479 e. The monoisotopic (exact) mass is 248 g/mol. The summed E-state index contributed by atoms with van der Waals surface area (Å²) < 4.78 is 18.8. The van der Waals surface area contributed by atoms with Gasteiger partial charge in [0.1, 0.15) is 12.1 Å². The van der Waals surface area contributed by atoms with Gasteiger partial charge in [0.2, 0.25) is 0 Å². The summed E-state index contributed by atoms with van der Waals surface area (Å²) >= 11 is 0. The summed E-state index contributed by atoms with van der Waals surface area (Å²) in [4.78, 5) is 11.9. The Labute approximate surface area is 104 Å². The van der Waals surface area contributed by atoms with Gasteiger partial charge in [0.25, 0.3) is 5.88 Å². The fourth-order valence-corrected chi connectivity index (χ4v) is 1.55. The zero-order chi connectivity index (χ0) is 13.0. The van der Waals surface area contributed by atoms with Crippen LogP contribution in [0.25, 0.3) is 11.3 Å². The third-order valence-corrected chi connectivity index (χ3v) is 2.35. The van der Waals surface area contributed by atoms with Gasteiger partial charge in [-0.05, 0) is 13.0 Å². The Hall–Kier alpha value is -2.24. The van der Waals surface area contributed by atoms with Crippen molar-refractivity contribution in [2.75, 3.05) is 19.0 Å². The Kier molecular flexibility index (Phi) is 3.66. The lowest BCUT2D eigenvalue weighted by Crippen LogP contribution is -2.01. The van der Waals surface area contributed by atoms with Gasteiger partial charge < -0.3 is 10.1 Å². The van der Waals surface area contributed by atoms with Crippen LogP contribution >= 0.6 is 0 Å². The average molecular weight is 248 g/mol. The van der Waals surface area contributed by atoms with E-state index >= 15 is 0 Å². The van der Waals surface area contributed by atoms with E-state index in [-0.39, 0.29) is 5.88 Å². The van der Waals surface area contributed by atoms with Gasteiger partial charge in [-0.1, -0.05) is 0 Å². The lowest BCUT2D eigenvalue weighted by molar-refractivity contribution is 0.370. The first-order valence-electron chi connectivity index (χ1n) is 5.51. The maximum absolute atomic E-state index is 14.0. The molecule has 0 unspecified atom stereocenters. The SMILES string of the molecule is CCNc1cc(-c2ccnc(OC)c2F)ncn1. The maximum Gasteiger partial charge on any atom is 0.250 e. The first-order valence-corrected chi connectivity index (χ1v) is 5.51. The smallest absolute Gasteiger partial charge is 0.250 e. The van der Waals surface area contributed by atoms with E-state index in [4.69, 9.17) is 4.74 Å². The van der Waals surface area contributed by atoms with Gasteiger partial charge in [-0.3, -0.25) is 0 Å². The minimum atomic E-state index is -0.527. The van der Waals surface area contributed by atoms with Crippen LogP contribution in [0, 0.1) is 5.82 Å². The van der Waals surface area contributed by atoms with Crippen LogP contribution in [-0.4, -0.2) is 28.6 Å². The molecule has 2 aromatic heterocycles. The molecule has 2 heterocycles. The van der Waals surface area contributed by atoms with Gasteiger partial charge in [0.05, 0.1) is 12.8 Å². The second-order valence-electron chi connectivity index (χ2n) is 3.50. The number of halogens is 1. The molecular formula is C12H13FN4O. The van der Waals surface area contributed by atoms with Gasteiger partial charge in [-0.2, -0.15) is 0 Å². The molecular weight excluding hydrogens is 235 g/mol. The summed E-state index contributed by atoms with van der Waals surface area (Å²) in [5.41, 5.74) is 0.822. The van der Waals surface area contributed by atoms with Gasteiger partial charge in [0.15, 0.2) is 5.82 Å². The van der Waals surface area contributed by atoms with Crippen LogP contribution in [0.15, 0.2) is 24.7 Å². The van der Waals surface area contributed by atoms with Gasteiger partial charge in [0, 0.05) is 24.4 Å². The van der Waals surface area contributed by atoms with E-state index < -0.39 is 5.82 Å². The number of anilines is 1. The molecule has 0 aliphatic rings. The number of hydrogen-bond donors (Lipinski definition) is 1. The van der Waals surface area contributed by atoms with Crippen LogP contribution in [0.1, 0.15) is 6.92 Å². The third-order valence-electron chi connectivity index (χ3n) is 2.35. The highest BCUT2D eigenvalue weighted by Crippen LogP contribution is 2.26. The Bertz CT molecular complexity index is 547. The number of aromatic nitrogens is 3. The summed E-state index contributed by atoms with van der Waals surface area (Å²) in [6, 6.07) is 3.23. The van der Waals surface area contributed by atoms with E-state index in [1.807, 2.05) is 6.92 Å². The number of methoxy groups -OCH3 is 1. The quantitative estimate of drug-likeness (QED) is 0.898. The minimum absolute atomic E-state index is 0.0453. The molecule has 2 rings (SSSR count). The summed E-state index contributed by atoms with van der Waals surface area (Å²) in [5.74, 6) is 0.0786. The topological polar surface area (TPSA) is 59.9 Å². The first kappa shape index (κ1) is 12.2. The Morgan fingerprint density at radius 2 is 2.17 bits per heavy atom. The molecule has 0 aliphatic carbocycles. The van der Waals surface area contributed by atoms with Crippen LogP contribution < -0.4 is 10.1 Å². The van der Waals surface area contributed by atoms with E-state index in [1.165, 1.54) is 19.6 Å². The highest BCUT2D eigenvalue weighted by Gasteiger charge is 2.13. The Morgan fingerprint density at radius 3 is 2.89 bits per heavy atom. The van der Waals surface area contributed by atoms with E-state index in [1.54, 1.807) is 12.1 Å². The van der Waals surface area contributed by atoms with Crippen LogP contribution in [0.3, 0.4) is 0 Å². The summed E-state index contributed by atoms with van der Waals surface area (Å²) in [6.45, 7) is 2.69. The molecule has 0 saturated heterocycles. The van der Waals surface area contributed by atoms with Crippen molar-refractivity contribution in [1.29, 1.82) is 0 Å². The molecule has 0 radical (unpaired) electrons. The van der Waals surface area contributed by atoms with Crippen molar-refractivity contribution in [3.63, 3.8) is 0 Å². The molecule has 94 valence electrons. The summed E-state index contributed by atoms with van der Waals surface area (Å²) in [5, 5.41) is 3.05. The summed E-state index contributed by atoms with van der Waals surface area (Å²) in [7, 11) is 1.37. The van der Waals surface area contributed by atoms with Crippen molar-refractivity contribution in [2.45, 2.75) is 6.92 Å². The molecule has 0 aliphatic heterocycles. The third kappa shape index (κ3) is 2.37. The molecule has 0 bridgehead atoms. The Morgan fingerprint density at radius 1 is 1.33 bits per heavy atom. The summed E-state index contributed by atoms with van der Waals surface area (Å²) in [6.07, 6.45) is 2.87. The average Bonchev–Trinajstić information content (AvgIpc) is 2.40. The van der Waals surface area contributed by atoms with Crippen LogP contribution in [-0.2, 0) is 0 Å². The predicted molar refractivity (Wildman–Crippen MR) is 65.9 cm³/mol.